The van der Waals surface area contributed by atoms with Gasteiger partial charge in [-0.3, -0.25) is 4.79 Å². The van der Waals surface area contributed by atoms with Gasteiger partial charge in [0.1, 0.15) is 5.82 Å². The summed E-state index contributed by atoms with van der Waals surface area (Å²) >= 11 is 1.29. The van der Waals surface area contributed by atoms with Crippen molar-refractivity contribution < 1.29 is 9.18 Å². The first-order valence-electron chi connectivity index (χ1n) is 8.49. The van der Waals surface area contributed by atoms with Gasteiger partial charge in [0.05, 0.1) is 17.1 Å². The molecule has 2 aliphatic rings. The summed E-state index contributed by atoms with van der Waals surface area (Å²) in [4.78, 5) is 17.0. The summed E-state index contributed by atoms with van der Waals surface area (Å²) in [7, 11) is 0. The molecule has 4 nitrogen and oxygen atoms in total. The molecule has 0 N–H and O–H groups in total. The van der Waals surface area contributed by atoms with E-state index in [1.165, 1.54) is 36.0 Å². The molecule has 1 aromatic carbocycles. The number of hydrogen-bond acceptors (Lipinski definition) is 5. The standard InChI is InChI=1S/C19H20FN3OS/c1-18(2)13-8-9-19(18,3)16-15(13)22-23-17(21-16)25-10-14(24)11-4-6-12(20)7-5-11/h4-7,13H,8-10H2,1-3H3/t13-,19+/m1/s1. The number of rotatable bonds is 4. The van der Waals surface area contributed by atoms with Crippen LogP contribution >= 0.6 is 11.8 Å². The van der Waals surface area contributed by atoms with Gasteiger partial charge in [-0.05, 0) is 42.5 Å². The lowest BCUT2D eigenvalue weighted by Gasteiger charge is -2.33. The van der Waals surface area contributed by atoms with Crippen molar-refractivity contribution in [2.75, 3.05) is 5.75 Å². The van der Waals surface area contributed by atoms with Crippen LogP contribution in [0.5, 0.6) is 0 Å². The lowest BCUT2D eigenvalue weighted by atomic mass is 9.70. The van der Waals surface area contributed by atoms with Gasteiger partial charge in [0, 0.05) is 16.9 Å². The number of halogens is 1. The molecule has 1 heterocycles. The Bertz CT molecular complexity index is 852. The molecule has 0 saturated heterocycles. The fourth-order valence-corrected chi connectivity index (χ4v) is 4.95. The molecule has 2 bridgehead atoms. The number of Topliss-reactive ketones (excluding diaryl/α,β-unsaturated/α-hetero) is 1. The summed E-state index contributed by atoms with van der Waals surface area (Å²) < 4.78 is 13.0. The van der Waals surface area contributed by atoms with E-state index in [9.17, 15) is 9.18 Å². The highest BCUT2D eigenvalue weighted by atomic mass is 32.2. The second kappa shape index (κ2) is 5.59. The molecule has 2 atom stereocenters. The smallest absolute Gasteiger partial charge is 0.209 e. The quantitative estimate of drug-likeness (QED) is 0.607. The molecule has 25 heavy (non-hydrogen) atoms. The van der Waals surface area contributed by atoms with Gasteiger partial charge in [-0.25, -0.2) is 9.37 Å². The SMILES string of the molecule is CC1(C)[C@@H]2CC[C@@]1(C)c1nc(SCC(=O)c3ccc(F)cc3)nnc12. The molecule has 0 aliphatic heterocycles. The van der Waals surface area contributed by atoms with Crippen LogP contribution in [0.4, 0.5) is 4.39 Å². The Hall–Kier alpha value is -1.82. The Kier molecular flexibility index (Phi) is 3.72. The lowest BCUT2D eigenvalue weighted by Crippen LogP contribution is -2.32. The van der Waals surface area contributed by atoms with Crippen LogP contribution in [0.1, 0.15) is 61.3 Å². The zero-order chi connectivity index (χ0) is 17.8. The van der Waals surface area contributed by atoms with Crippen molar-refractivity contribution in [3.05, 3.63) is 47.0 Å². The van der Waals surface area contributed by atoms with E-state index in [2.05, 4.69) is 31.0 Å². The summed E-state index contributed by atoms with van der Waals surface area (Å²) in [5, 5.41) is 9.23. The van der Waals surface area contributed by atoms with Gasteiger partial charge in [0.25, 0.3) is 0 Å². The Morgan fingerprint density at radius 1 is 1.24 bits per heavy atom. The molecule has 1 fully saturated rings. The number of aromatic nitrogens is 3. The average Bonchev–Trinajstić information content (AvgIpc) is 2.92. The monoisotopic (exact) mass is 357 g/mol. The van der Waals surface area contributed by atoms with E-state index >= 15 is 0 Å². The predicted octanol–water partition coefficient (Wildman–Crippen LogP) is 4.16. The molecule has 6 heteroatoms. The van der Waals surface area contributed by atoms with Crippen LogP contribution in [0, 0.1) is 11.2 Å². The first-order valence-corrected chi connectivity index (χ1v) is 9.48. The molecular weight excluding hydrogens is 337 g/mol. The van der Waals surface area contributed by atoms with Crippen LogP contribution in [-0.4, -0.2) is 26.7 Å². The van der Waals surface area contributed by atoms with Gasteiger partial charge < -0.3 is 0 Å². The maximum Gasteiger partial charge on any atom is 0.209 e. The summed E-state index contributed by atoms with van der Waals surface area (Å²) in [6.07, 6.45) is 2.26. The van der Waals surface area contributed by atoms with Crippen molar-refractivity contribution in [2.45, 2.75) is 50.1 Å². The topological polar surface area (TPSA) is 55.7 Å². The van der Waals surface area contributed by atoms with Crippen LogP contribution < -0.4 is 0 Å². The molecule has 130 valence electrons. The average molecular weight is 357 g/mol. The second-order valence-electron chi connectivity index (χ2n) is 7.69. The van der Waals surface area contributed by atoms with Crippen LogP contribution in [0.3, 0.4) is 0 Å². The Labute approximate surface area is 150 Å². The third kappa shape index (κ3) is 2.41. The molecular formula is C19H20FN3OS. The van der Waals surface area contributed by atoms with E-state index in [0.29, 0.717) is 16.6 Å². The molecule has 4 rings (SSSR count). The Balaban J connectivity index is 1.53. The van der Waals surface area contributed by atoms with Gasteiger partial charge in [-0.15, -0.1) is 5.10 Å². The summed E-state index contributed by atoms with van der Waals surface area (Å²) in [6.45, 7) is 6.85. The summed E-state index contributed by atoms with van der Waals surface area (Å²) in [6, 6.07) is 5.60. The molecule has 2 aliphatic carbocycles. The van der Waals surface area contributed by atoms with Crippen molar-refractivity contribution in [1.29, 1.82) is 0 Å². The number of carbonyl (C=O) groups is 1. The minimum absolute atomic E-state index is 0.0270. The fourth-order valence-electron chi connectivity index (χ4n) is 4.27. The molecule has 1 saturated carbocycles. The highest BCUT2D eigenvalue weighted by molar-refractivity contribution is 7.99. The zero-order valence-corrected chi connectivity index (χ0v) is 15.4. The van der Waals surface area contributed by atoms with E-state index in [4.69, 9.17) is 4.98 Å². The number of benzene rings is 1. The highest BCUT2D eigenvalue weighted by Crippen LogP contribution is 2.66. The summed E-state index contributed by atoms with van der Waals surface area (Å²) in [5.41, 5.74) is 2.76. The van der Waals surface area contributed by atoms with E-state index in [-0.39, 0.29) is 28.2 Å². The summed E-state index contributed by atoms with van der Waals surface area (Å²) in [5.74, 6) is 0.228. The van der Waals surface area contributed by atoms with Crippen molar-refractivity contribution in [1.82, 2.24) is 15.2 Å². The second-order valence-corrected chi connectivity index (χ2v) is 8.63. The van der Waals surface area contributed by atoms with Crippen molar-refractivity contribution in [3.63, 3.8) is 0 Å². The number of nitrogens with zero attached hydrogens (tertiary/aromatic N) is 3. The third-order valence-electron chi connectivity index (χ3n) is 6.27. The van der Waals surface area contributed by atoms with Crippen molar-refractivity contribution in [2.24, 2.45) is 5.41 Å². The Morgan fingerprint density at radius 3 is 2.68 bits per heavy atom. The van der Waals surface area contributed by atoms with E-state index in [0.717, 1.165) is 24.2 Å². The van der Waals surface area contributed by atoms with Crippen molar-refractivity contribution >= 4 is 17.5 Å². The van der Waals surface area contributed by atoms with Crippen LogP contribution in [0.15, 0.2) is 29.4 Å². The van der Waals surface area contributed by atoms with Crippen LogP contribution in [0.25, 0.3) is 0 Å². The number of hydrogen-bond donors (Lipinski definition) is 0. The predicted molar refractivity (Wildman–Crippen MR) is 94.4 cm³/mol. The van der Waals surface area contributed by atoms with E-state index < -0.39 is 0 Å². The maximum absolute atomic E-state index is 13.0. The normalized spacial score (nSPS) is 25.8. The fraction of sp³-hybridized carbons (Fsp3) is 0.474. The first-order chi connectivity index (χ1) is 11.8. The van der Waals surface area contributed by atoms with Gasteiger partial charge in [-0.2, -0.15) is 5.10 Å². The number of fused-ring (bicyclic) bond motifs is 5. The Morgan fingerprint density at radius 2 is 1.96 bits per heavy atom. The van der Waals surface area contributed by atoms with Crippen LogP contribution in [0.2, 0.25) is 0 Å². The molecule has 0 unspecified atom stereocenters. The highest BCUT2D eigenvalue weighted by Gasteiger charge is 2.61. The number of thioether (sulfide) groups is 1. The minimum Gasteiger partial charge on any atom is -0.293 e. The van der Waals surface area contributed by atoms with Crippen molar-refractivity contribution in [3.8, 4) is 0 Å². The molecule has 2 aromatic rings. The maximum atomic E-state index is 13.0. The number of carbonyl (C=O) groups excluding carboxylic acids is 1. The lowest BCUT2D eigenvalue weighted by molar-refractivity contribution is 0.102. The largest absolute Gasteiger partial charge is 0.293 e. The van der Waals surface area contributed by atoms with Crippen LogP contribution in [-0.2, 0) is 5.41 Å². The van der Waals surface area contributed by atoms with E-state index in [1.807, 2.05) is 0 Å². The molecule has 0 amide bonds. The van der Waals surface area contributed by atoms with Gasteiger partial charge in [0.15, 0.2) is 5.78 Å². The molecule has 0 radical (unpaired) electrons. The molecule has 0 spiro atoms. The zero-order valence-electron chi connectivity index (χ0n) is 14.5. The number of ketones is 1. The van der Waals surface area contributed by atoms with Gasteiger partial charge >= 0.3 is 0 Å². The molecule has 1 aromatic heterocycles. The first kappa shape index (κ1) is 16.6. The van der Waals surface area contributed by atoms with Gasteiger partial charge in [-0.1, -0.05) is 32.5 Å². The van der Waals surface area contributed by atoms with Gasteiger partial charge in [0.2, 0.25) is 5.16 Å². The third-order valence-corrected chi connectivity index (χ3v) is 7.11. The minimum atomic E-state index is -0.346. The van der Waals surface area contributed by atoms with E-state index in [1.54, 1.807) is 0 Å².